The fraction of sp³-hybridized carbons (Fsp3) is 0.350. The first-order valence-electron chi connectivity index (χ1n) is 9.09. The smallest absolute Gasteiger partial charge is 0.255 e. The lowest BCUT2D eigenvalue weighted by atomic mass is 10.1. The Labute approximate surface area is 162 Å². The Kier molecular flexibility index (Phi) is 4.78. The fourth-order valence-corrected chi connectivity index (χ4v) is 4.28. The van der Waals surface area contributed by atoms with Gasteiger partial charge in [0.1, 0.15) is 5.03 Å². The van der Waals surface area contributed by atoms with Gasteiger partial charge in [0, 0.05) is 37.6 Å². The van der Waals surface area contributed by atoms with Crippen molar-refractivity contribution in [2.75, 3.05) is 29.1 Å². The highest BCUT2D eigenvalue weighted by Crippen LogP contribution is 2.31. The number of nitrogens with zero attached hydrogens (tertiary/aromatic N) is 3. The molecule has 1 aromatic carbocycles. The molecule has 2 aromatic rings. The molecule has 1 N–H and O–H groups in total. The van der Waals surface area contributed by atoms with Gasteiger partial charge in [0.05, 0.1) is 17.0 Å². The molecular formula is C20H22N4O2S. The van der Waals surface area contributed by atoms with E-state index in [1.165, 1.54) is 17.4 Å². The van der Waals surface area contributed by atoms with Crippen molar-refractivity contribution < 1.29 is 9.59 Å². The summed E-state index contributed by atoms with van der Waals surface area (Å²) >= 11 is 1.40. The Morgan fingerprint density at radius 1 is 1.26 bits per heavy atom. The van der Waals surface area contributed by atoms with Gasteiger partial charge in [0.25, 0.3) is 5.91 Å². The number of anilines is 2. The Balaban J connectivity index is 1.62. The number of carbonyl (C=O) groups is 2. The van der Waals surface area contributed by atoms with Gasteiger partial charge in [0.15, 0.2) is 0 Å². The number of para-hydroxylation sites is 1. The zero-order valence-electron chi connectivity index (χ0n) is 15.4. The molecule has 2 aliphatic rings. The monoisotopic (exact) mass is 382 g/mol. The fourth-order valence-electron chi connectivity index (χ4n) is 3.54. The van der Waals surface area contributed by atoms with Crippen LogP contribution in [0.3, 0.4) is 0 Å². The molecule has 0 atom stereocenters. The second-order valence-electron chi connectivity index (χ2n) is 7.06. The van der Waals surface area contributed by atoms with E-state index in [2.05, 4.69) is 41.2 Å². The average Bonchev–Trinajstić information content (AvgIpc) is 2.86. The summed E-state index contributed by atoms with van der Waals surface area (Å²) in [4.78, 5) is 33.4. The first-order chi connectivity index (χ1) is 13.0. The average molecular weight is 382 g/mol. The molecule has 0 radical (unpaired) electrons. The lowest BCUT2D eigenvalue weighted by molar-refractivity contribution is -0.113. The lowest BCUT2D eigenvalue weighted by Gasteiger charge is -2.28. The predicted octanol–water partition coefficient (Wildman–Crippen LogP) is 3.00. The molecule has 0 saturated carbocycles. The van der Waals surface area contributed by atoms with Gasteiger partial charge >= 0.3 is 0 Å². The number of nitrogens with one attached hydrogen (secondary N) is 1. The molecule has 27 heavy (non-hydrogen) atoms. The van der Waals surface area contributed by atoms with E-state index in [4.69, 9.17) is 0 Å². The maximum absolute atomic E-state index is 13.2. The molecule has 0 fully saturated rings. The maximum Gasteiger partial charge on any atom is 0.255 e. The number of benzene rings is 1. The van der Waals surface area contributed by atoms with Crippen molar-refractivity contribution >= 4 is 35.0 Å². The predicted molar refractivity (Wildman–Crippen MR) is 107 cm³/mol. The van der Waals surface area contributed by atoms with Gasteiger partial charge in [-0.05, 0) is 31.5 Å². The van der Waals surface area contributed by atoms with E-state index >= 15 is 0 Å². The van der Waals surface area contributed by atoms with Gasteiger partial charge in [-0.1, -0.05) is 30.0 Å². The molecular weight excluding hydrogens is 360 g/mol. The minimum Gasteiger partial charge on any atom is -0.367 e. The third-order valence-electron chi connectivity index (χ3n) is 4.90. The van der Waals surface area contributed by atoms with E-state index in [9.17, 15) is 9.59 Å². The zero-order chi connectivity index (χ0) is 19.0. The first kappa shape index (κ1) is 17.9. The number of amides is 2. The van der Waals surface area contributed by atoms with E-state index in [0.29, 0.717) is 36.1 Å². The van der Waals surface area contributed by atoms with E-state index in [0.717, 1.165) is 17.1 Å². The standard InChI is InChI=1S/C20H22N4O2S/c1-13(2)24-8-7-23(11-14-5-3-4-6-17(14)24)20(26)15-9-16-19(21-10-15)27-12-18(25)22-16/h3-6,9-10,13H,7-8,11-12H2,1-2H3,(H,22,25). The van der Waals surface area contributed by atoms with Crippen molar-refractivity contribution in [2.24, 2.45) is 0 Å². The quantitative estimate of drug-likeness (QED) is 0.865. The van der Waals surface area contributed by atoms with Crippen LogP contribution >= 0.6 is 11.8 Å². The van der Waals surface area contributed by atoms with Crippen molar-refractivity contribution in [1.29, 1.82) is 0 Å². The Bertz CT molecular complexity index is 899. The van der Waals surface area contributed by atoms with Crippen molar-refractivity contribution in [3.8, 4) is 0 Å². The van der Waals surface area contributed by atoms with Crippen molar-refractivity contribution in [1.82, 2.24) is 9.88 Å². The van der Waals surface area contributed by atoms with Gasteiger partial charge < -0.3 is 15.1 Å². The van der Waals surface area contributed by atoms with Crippen LogP contribution in [0.1, 0.15) is 29.8 Å². The number of thioether (sulfide) groups is 1. The molecule has 0 unspecified atom stereocenters. The second-order valence-corrected chi connectivity index (χ2v) is 8.02. The Hall–Kier alpha value is -2.54. The summed E-state index contributed by atoms with van der Waals surface area (Å²) in [7, 11) is 0. The topological polar surface area (TPSA) is 65.5 Å². The molecule has 140 valence electrons. The maximum atomic E-state index is 13.2. The molecule has 4 rings (SSSR count). The molecule has 7 heteroatoms. The van der Waals surface area contributed by atoms with Crippen LogP contribution < -0.4 is 10.2 Å². The minimum atomic E-state index is -0.0600. The highest BCUT2D eigenvalue weighted by molar-refractivity contribution is 8.00. The van der Waals surface area contributed by atoms with Crippen LogP contribution in [0.5, 0.6) is 0 Å². The SMILES string of the molecule is CC(C)N1CCN(C(=O)c2cnc3c(c2)NC(=O)CS3)Cc2ccccc21. The molecule has 3 heterocycles. The van der Waals surface area contributed by atoms with E-state index < -0.39 is 0 Å². The van der Waals surface area contributed by atoms with Gasteiger partial charge in [-0.2, -0.15) is 0 Å². The molecule has 0 bridgehead atoms. The molecule has 0 spiro atoms. The number of rotatable bonds is 2. The highest BCUT2D eigenvalue weighted by atomic mass is 32.2. The van der Waals surface area contributed by atoms with E-state index in [-0.39, 0.29) is 11.8 Å². The zero-order valence-corrected chi connectivity index (χ0v) is 16.3. The largest absolute Gasteiger partial charge is 0.367 e. The summed E-state index contributed by atoms with van der Waals surface area (Å²) in [5.74, 6) is 0.243. The number of hydrogen-bond donors (Lipinski definition) is 1. The van der Waals surface area contributed by atoms with Crippen LogP contribution in [-0.4, -0.2) is 46.6 Å². The van der Waals surface area contributed by atoms with Crippen LogP contribution in [0.15, 0.2) is 41.6 Å². The van der Waals surface area contributed by atoms with Crippen molar-refractivity contribution in [3.63, 3.8) is 0 Å². The third kappa shape index (κ3) is 3.51. The van der Waals surface area contributed by atoms with E-state index in [1.807, 2.05) is 17.0 Å². The summed E-state index contributed by atoms with van der Waals surface area (Å²) in [5.41, 5.74) is 3.47. The van der Waals surface area contributed by atoms with Crippen molar-refractivity contribution in [3.05, 3.63) is 47.7 Å². The third-order valence-corrected chi connectivity index (χ3v) is 5.90. The number of fused-ring (bicyclic) bond motifs is 2. The number of hydrogen-bond acceptors (Lipinski definition) is 5. The molecule has 2 aliphatic heterocycles. The number of aromatic nitrogens is 1. The summed E-state index contributed by atoms with van der Waals surface area (Å²) in [6.07, 6.45) is 1.61. The normalized spacial score (nSPS) is 16.5. The first-order valence-corrected chi connectivity index (χ1v) is 10.1. The highest BCUT2D eigenvalue weighted by Gasteiger charge is 2.26. The summed E-state index contributed by atoms with van der Waals surface area (Å²) in [6, 6.07) is 10.4. The van der Waals surface area contributed by atoms with Gasteiger partial charge in [-0.25, -0.2) is 4.98 Å². The molecule has 1 aromatic heterocycles. The lowest BCUT2D eigenvalue weighted by Crippen LogP contribution is -2.38. The van der Waals surface area contributed by atoms with Gasteiger partial charge in [-0.15, -0.1) is 0 Å². The van der Waals surface area contributed by atoms with Gasteiger partial charge in [0.2, 0.25) is 5.91 Å². The van der Waals surface area contributed by atoms with Crippen molar-refractivity contribution in [2.45, 2.75) is 31.5 Å². The van der Waals surface area contributed by atoms with Crippen LogP contribution in [0.2, 0.25) is 0 Å². The van der Waals surface area contributed by atoms with Crippen LogP contribution in [-0.2, 0) is 11.3 Å². The van der Waals surface area contributed by atoms with E-state index in [1.54, 1.807) is 12.3 Å². The summed E-state index contributed by atoms with van der Waals surface area (Å²) < 4.78 is 0. The summed E-state index contributed by atoms with van der Waals surface area (Å²) in [5, 5.41) is 3.57. The second kappa shape index (κ2) is 7.23. The molecule has 2 amide bonds. The summed E-state index contributed by atoms with van der Waals surface area (Å²) in [6.45, 7) is 6.33. The van der Waals surface area contributed by atoms with Crippen LogP contribution in [0.4, 0.5) is 11.4 Å². The number of carbonyl (C=O) groups excluding carboxylic acids is 2. The Morgan fingerprint density at radius 3 is 2.89 bits per heavy atom. The van der Waals surface area contributed by atoms with Crippen LogP contribution in [0, 0.1) is 0 Å². The molecule has 6 nitrogen and oxygen atoms in total. The van der Waals surface area contributed by atoms with Crippen LogP contribution in [0.25, 0.3) is 0 Å². The molecule has 0 aliphatic carbocycles. The Morgan fingerprint density at radius 2 is 2.07 bits per heavy atom. The molecule has 0 saturated heterocycles. The number of pyridine rings is 1. The minimum absolute atomic E-state index is 0.0597. The van der Waals surface area contributed by atoms with Gasteiger partial charge in [-0.3, -0.25) is 9.59 Å².